The predicted octanol–water partition coefficient (Wildman–Crippen LogP) is 2.53. The molecule has 6 heteroatoms. The summed E-state index contributed by atoms with van der Waals surface area (Å²) in [6, 6.07) is 0. The highest BCUT2D eigenvalue weighted by molar-refractivity contribution is 5.67. The zero-order valence-corrected chi connectivity index (χ0v) is 13.9. The van der Waals surface area contributed by atoms with Crippen molar-refractivity contribution in [2.75, 3.05) is 24.5 Å². The van der Waals surface area contributed by atoms with E-state index in [1.54, 1.807) is 12.4 Å². The average molecular weight is 306 g/mol. The van der Waals surface area contributed by atoms with Crippen LogP contribution in [0.1, 0.15) is 39.3 Å². The number of aromatic nitrogens is 2. The van der Waals surface area contributed by atoms with Gasteiger partial charge >= 0.3 is 6.09 Å². The summed E-state index contributed by atoms with van der Waals surface area (Å²) in [5, 5.41) is 2.87. The number of aryl methyl sites for hydroxylation is 1. The third-order valence-electron chi connectivity index (χ3n) is 3.61. The van der Waals surface area contributed by atoms with Gasteiger partial charge in [0.15, 0.2) is 0 Å². The minimum Gasteiger partial charge on any atom is -0.444 e. The van der Waals surface area contributed by atoms with Gasteiger partial charge in [0.2, 0.25) is 0 Å². The second-order valence-electron chi connectivity index (χ2n) is 6.80. The SMILES string of the molecule is Cc1nccnc1N1CCC[C@H](CNC(=O)OC(C)(C)C)C1. The molecule has 2 heterocycles. The molecule has 22 heavy (non-hydrogen) atoms. The van der Waals surface area contributed by atoms with Crippen LogP contribution in [-0.4, -0.2) is 41.3 Å². The molecule has 0 radical (unpaired) electrons. The highest BCUT2D eigenvalue weighted by Gasteiger charge is 2.23. The largest absolute Gasteiger partial charge is 0.444 e. The minimum absolute atomic E-state index is 0.347. The molecule has 0 bridgehead atoms. The van der Waals surface area contributed by atoms with E-state index in [0.717, 1.165) is 37.4 Å². The molecule has 1 aromatic rings. The molecule has 2 rings (SSSR count). The molecule has 0 aromatic carbocycles. The number of piperidine rings is 1. The highest BCUT2D eigenvalue weighted by atomic mass is 16.6. The number of nitrogens with one attached hydrogen (secondary N) is 1. The molecule has 0 saturated carbocycles. The van der Waals surface area contributed by atoms with Crippen molar-refractivity contribution in [2.24, 2.45) is 5.92 Å². The summed E-state index contributed by atoms with van der Waals surface area (Å²) in [7, 11) is 0. The first kappa shape index (κ1) is 16.5. The molecule has 0 spiro atoms. The van der Waals surface area contributed by atoms with Crippen molar-refractivity contribution in [3.63, 3.8) is 0 Å². The zero-order chi connectivity index (χ0) is 16.2. The standard InChI is InChI=1S/C16H26N4O2/c1-12-14(18-8-7-17-12)20-9-5-6-13(11-20)10-19-15(21)22-16(2,3)4/h7-8,13H,5-6,9-11H2,1-4H3,(H,19,21)/t13-/m1/s1. The normalized spacial score (nSPS) is 18.9. The van der Waals surface area contributed by atoms with E-state index in [-0.39, 0.29) is 6.09 Å². The van der Waals surface area contributed by atoms with Crippen LogP contribution in [0.3, 0.4) is 0 Å². The van der Waals surface area contributed by atoms with Crippen LogP contribution < -0.4 is 10.2 Å². The lowest BCUT2D eigenvalue weighted by Gasteiger charge is -2.34. The molecule has 0 unspecified atom stereocenters. The number of hydrogen-bond acceptors (Lipinski definition) is 5. The number of alkyl carbamates (subject to hydrolysis) is 1. The Hall–Kier alpha value is -1.85. The number of rotatable bonds is 3. The maximum atomic E-state index is 11.7. The van der Waals surface area contributed by atoms with Crippen molar-refractivity contribution in [2.45, 2.75) is 46.1 Å². The Morgan fingerprint density at radius 1 is 1.41 bits per heavy atom. The molecule has 0 aliphatic carbocycles. The van der Waals surface area contributed by atoms with Gasteiger partial charge < -0.3 is 15.0 Å². The summed E-state index contributed by atoms with van der Waals surface area (Å²) in [4.78, 5) is 22.7. The van der Waals surface area contributed by atoms with Crippen LogP contribution in [0.5, 0.6) is 0 Å². The van der Waals surface area contributed by atoms with E-state index in [0.29, 0.717) is 12.5 Å². The van der Waals surface area contributed by atoms with Gasteiger partial charge in [0.1, 0.15) is 11.4 Å². The molecule has 122 valence electrons. The third-order valence-corrected chi connectivity index (χ3v) is 3.61. The minimum atomic E-state index is -0.459. The Morgan fingerprint density at radius 3 is 2.82 bits per heavy atom. The fourth-order valence-electron chi connectivity index (χ4n) is 2.68. The number of anilines is 1. The molecule has 1 aromatic heterocycles. The van der Waals surface area contributed by atoms with E-state index in [1.807, 2.05) is 27.7 Å². The Labute approximate surface area is 132 Å². The van der Waals surface area contributed by atoms with Crippen LogP contribution in [0.25, 0.3) is 0 Å². The molecule has 1 atom stereocenters. The third kappa shape index (κ3) is 4.86. The number of hydrogen-bond donors (Lipinski definition) is 1. The first-order valence-corrected chi connectivity index (χ1v) is 7.84. The molecule has 1 aliphatic rings. The van der Waals surface area contributed by atoms with Gasteiger partial charge in [-0.3, -0.25) is 4.98 Å². The fourth-order valence-corrected chi connectivity index (χ4v) is 2.68. The molecule has 1 fully saturated rings. The molecule has 1 aliphatic heterocycles. The number of amides is 1. The first-order chi connectivity index (χ1) is 10.3. The maximum absolute atomic E-state index is 11.7. The van der Waals surface area contributed by atoms with Crippen molar-refractivity contribution in [3.05, 3.63) is 18.1 Å². The van der Waals surface area contributed by atoms with Crippen LogP contribution in [0.4, 0.5) is 10.6 Å². The van der Waals surface area contributed by atoms with Gasteiger partial charge in [0.25, 0.3) is 0 Å². The van der Waals surface area contributed by atoms with Gasteiger partial charge in [-0.05, 0) is 46.5 Å². The number of carbonyl (C=O) groups is 1. The van der Waals surface area contributed by atoms with E-state index < -0.39 is 5.60 Å². The monoisotopic (exact) mass is 306 g/mol. The maximum Gasteiger partial charge on any atom is 0.407 e. The quantitative estimate of drug-likeness (QED) is 0.929. The second kappa shape index (κ2) is 6.94. The molecule has 1 N–H and O–H groups in total. The van der Waals surface area contributed by atoms with E-state index in [4.69, 9.17) is 4.74 Å². The van der Waals surface area contributed by atoms with Crippen molar-refractivity contribution in [3.8, 4) is 0 Å². The van der Waals surface area contributed by atoms with Crippen LogP contribution in [0.15, 0.2) is 12.4 Å². The van der Waals surface area contributed by atoms with Crippen LogP contribution >= 0.6 is 0 Å². The first-order valence-electron chi connectivity index (χ1n) is 7.84. The summed E-state index contributed by atoms with van der Waals surface area (Å²) < 4.78 is 5.27. The van der Waals surface area contributed by atoms with E-state index in [9.17, 15) is 4.79 Å². The summed E-state index contributed by atoms with van der Waals surface area (Å²) in [5.41, 5.74) is 0.489. The van der Waals surface area contributed by atoms with Crippen molar-refractivity contribution >= 4 is 11.9 Å². The van der Waals surface area contributed by atoms with Gasteiger partial charge in [-0.25, -0.2) is 9.78 Å². The summed E-state index contributed by atoms with van der Waals surface area (Å²) >= 11 is 0. The summed E-state index contributed by atoms with van der Waals surface area (Å²) in [6.45, 7) is 10.1. The van der Waals surface area contributed by atoms with Crippen LogP contribution in [0.2, 0.25) is 0 Å². The lowest BCUT2D eigenvalue weighted by molar-refractivity contribution is 0.0517. The van der Waals surface area contributed by atoms with E-state index in [2.05, 4.69) is 20.2 Å². The molecular weight excluding hydrogens is 280 g/mol. The number of carbonyl (C=O) groups excluding carboxylic acids is 1. The number of nitrogens with zero attached hydrogens (tertiary/aromatic N) is 3. The van der Waals surface area contributed by atoms with E-state index in [1.165, 1.54) is 0 Å². The van der Waals surface area contributed by atoms with Crippen molar-refractivity contribution in [1.29, 1.82) is 0 Å². The highest BCUT2D eigenvalue weighted by Crippen LogP contribution is 2.22. The number of ether oxygens (including phenoxy) is 1. The van der Waals surface area contributed by atoms with E-state index >= 15 is 0 Å². The summed E-state index contributed by atoms with van der Waals surface area (Å²) in [5.74, 6) is 1.35. The van der Waals surface area contributed by atoms with Gasteiger partial charge in [-0.2, -0.15) is 0 Å². The van der Waals surface area contributed by atoms with Gasteiger partial charge in [-0.1, -0.05) is 0 Å². The fraction of sp³-hybridized carbons (Fsp3) is 0.688. The Kier molecular flexibility index (Phi) is 5.21. The second-order valence-corrected chi connectivity index (χ2v) is 6.80. The molecule has 1 amide bonds. The molecule has 1 saturated heterocycles. The Morgan fingerprint density at radius 2 is 2.14 bits per heavy atom. The average Bonchev–Trinajstić information content (AvgIpc) is 2.44. The summed E-state index contributed by atoms with van der Waals surface area (Å²) in [6.07, 6.45) is 5.29. The van der Waals surface area contributed by atoms with Crippen LogP contribution in [-0.2, 0) is 4.74 Å². The lowest BCUT2D eigenvalue weighted by atomic mass is 9.98. The van der Waals surface area contributed by atoms with Crippen molar-refractivity contribution in [1.82, 2.24) is 15.3 Å². The zero-order valence-electron chi connectivity index (χ0n) is 13.9. The van der Waals surface area contributed by atoms with Crippen LogP contribution in [0, 0.1) is 12.8 Å². The van der Waals surface area contributed by atoms with Gasteiger partial charge in [0, 0.05) is 32.0 Å². The topological polar surface area (TPSA) is 67.4 Å². The Bertz CT molecular complexity index is 513. The molecular formula is C16H26N4O2. The molecule has 6 nitrogen and oxygen atoms in total. The smallest absolute Gasteiger partial charge is 0.407 e. The van der Waals surface area contributed by atoms with Crippen molar-refractivity contribution < 1.29 is 9.53 Å². The lowest BCUT2D eigenvalue weighted by Crippen LogP contribution is -2.42. The Balaban J connectivity index is 1.86. The van der Waals surface area contributed by atoms with Gasteiger partial charge in [-0.15, -0.1) is 0 Å². The predicted molar refractivity (Wildman–Crippen MR) is 85.9 cm³/mol. The van der Waals surface area contributed by atoms with Gasteiger partial charge in [0.05, 0.1) is 5.69 Å².